The van der Waals surface area contributed by atoms with E-state index in [1.807, 2.05) is 0 Å². The normalized spacial score (nSPS) is 16.4. The van der Waals surface area contributed by atoms with Crippen LogP contribution in [0.2, 0.25) is 0 Å². The van der Waals surface area contributed by atoms with E-state index < -0.39 is 0 Å². The SMILES string of the molecule is O=c1ccc2c(CN3CCCC3)c(O)ccc2[nH]1. The highest BCUT2D eigenvalue weighted by molar-refractivity contribution is 5.84. The molecular formula is C14H16N2O2. The van der Waals surface area contributed by atoms with Crippen LogP contribution in [0.15, 0.2) is 29.1 Å². The van der Waals surface area contributed by atoms with Crippen LogP contribution in [0.25, 0.3) is 10.9 Å². The van der Waals surface area contributed by atoms with Gasteiger partial charge in [0.2, 0.25) is 5.56 Å². The van der Waals surface area contributed by atoms with E-state index in [1.54, 1.807) is 18.2 Å². The first kappa shape index (κ1) is 11.3. The van der Waals surface area contributed by atoms with Crippen molar-refractivity contribution >= 4 is 10.9 Å². The van der Waals surface area contributed by atoms with Crippen molar-refractivity contribution in [2.45, 2.75) is 19.4 Å². The molecular weight excluding hydrogens is 228 g/mol. The number of hydrogen-bond acceptors (Lipinski definition) is 3. The molecule has 0 atom stereocenters. The topological polar surface area (TPSA) is 56.3 Å². The van der Waals surface area contributed by atoms with Gasteiger partial charge < -0.3 is 10.1 Å². The van der Waals surface area contributed by atoms with Gasteiger partial charge in [0.05, 0.1) is 0 Å². The molecule has 0 aliphatic carbocycles. The second-order valence-corrected chi connectivity index (χ2v) is 4.83. The van der Waals surface area contributed by atoms with E-state index in [0.717, 1.165) is 36.1 Å². The molecule has 1 aliphatic heterocycles. The minimum Gasteiger partial charge on any atom is -0.508 e. The Labute approximate surface area is 105 Å². The number of nitrogens with zero attached hydrogens (tertiary/aromatic N) is 1. The zero-order chi connectivity index (χ0) is 12.5. The first-order valence-electron chi connectivity index (χ1n) is 6.30. The van der Waals surface area contributed by atoms with Crippen molar-refractivity contribution in [3.05, 3.63) is 40.2 Å². The van der Waals surface area contributed by atoms with Crippen LogP contribution < -0.4 is 5.56 Å². The monoisotopic (exact) mass is 244 g/mol. The minimum atomic E-state index is -0.111. The number of fused-ring (bicyclic) bond motifs is 1. The zero-order valence-corrected chi connectivity index (χ0v) is 10.1. The summed E-state index contributed by atoms with van der Waals surface area (Å²) in [6.45, 7) is 2.91. The molecule has 2 N–H and O–H groups in total. The van der Waals surface area contributed by atoms with Gasteiger partial charge >= 0.3 is 0 Å². The van der Waals surface area contributed by atoms with Crippen molar-refractivity contribution in [1.82, 2.24) is 9.88 Å². The maximum absolute atomic E-state index is 11.3. The molecule has 4 heteroatoms. The van der Waals surface area contributed by atoms with Gasteiger partial charge in [-0.2, -0.15) is 0 Å². The Bertz CT molecular complexity index is 627. The molecule has 94 valence electrons. The van der Waals surface area contributed by atoms with Crippen molar-refractivity contribution in [3.63, 3.8) is 0 Å². The van der Waals surface area contributed by atoms with Crippen molar-refractivity contribution < 1.29 is 5.11 Å². The van der Waals surface area contributed by atoms with Gasteiger partial charge in [-0.05, 0) is 44.1 Å². The summed E-state index contributed by atoms with van der Waals surface area (Å²) < 4.78 is 0. The van der Waals surface area contributed by atoms with E-state index in [2.05, 4.69) is 9.88 Å². The molecule has 18 heavy (non-hydrogen) atoms. The molecule has 4 nitrogen and oxygen atoms in total. The number of H-pyrrole nitrogens is 1. The fraction of sp³-hybridized carbons (Fsp3) is 0.357. The van der Waals surface area contributed by atoms with E-state index >= 15 is 0 Å². The van der Waals surface area contributed by atoms with Gasteiger partial charge in [-0.1, -0.05) is 0 Å². The van der Waals surface area contributed by atoms with Crippen LogP contribution in [0.4, 0.5) is 0 Å². The van der Waals surface area contributed by atoms with Gasteiger partial charge in [-0.25, -0.2) is 0 Å². The number of hydrogen-bond donors (Lipinski definition) is 2. The largest absolute Gasteiger partial charge is 0.508 e. The number of benzene rings is 1. The average Bonchev–Trinajstić information content (AvgIpc) is 2.86. The highest BCUT2D eigenvalue weighted by Gasteiger charge is 2.15. The first-order chi connectivity index (χ1) is 8.74. The molecule has 0 spiro atoms. The number of aromatic amines is 1. The van der Waals surface area contributed by atoms with Gasteiger partial charge in [-0.15, -0.1) is 0 Å². The van der Waals surface area contributed by atoms with E-state index in [1.165, 1.54) is 18.9 Å². The molecule has 0 unspecified atom stereocenters. The number of phenols is 1. The lowest BCUT2D eigenvalue weighted by atomic mass is 10.1. The van der Waals surface area contributed by atoms with Crippen molar-refractivity contribution in [2.75, 3.05) is 13.1 Å². The van der Waals surface area contributed by atoms with Gasteiger partial charge in [0.15, 0.2) is 0 Å². The van der Waals surface area contributed by atoms with Crippen LogP contribution >= 0.6 is 0 Å². The number of rotatable bonds is 2. The smallest absolute Gasteiger partial charge is 0.248 e. The summed E-state index contributed by atoms with van der Waals surface area (Å²) in [6.07, 6.45) is 2.45. The lowest BCUT2D eigenvalue weighted by Crippen LogP contribution is -2.18. The fourth-order valence-corrected chi connectivity index (χ4v) is 2.62. The Hall–Kier alpha value is -1.81. The molecule has 1 aromatic carbocycles. The number of nitrogens with one attached hydrogen (secondary N) is 1. The molecule has 3 rings (SSSR count). The maximum Gasteiger partial charge on any atom is 0.248 e. The standard InChI is InChI=1S/C14H16N2O2/c17-13-5-4-12-10(3-6-14(18)15-12)11(13)9-16-7-1-2-8-16/h3-6,17H,1-2,7-9H2,(H,15,18). The molecule has 0 radical (unpaired) electrons. The Morgan fingerprint density at radius 2 is 1.94 bits per heavy atom. The van der Waals surface area contributed by atoms with Crippen molar-refractivity contribution in [1.29, 1.82) is 0 Å². The maximum atomic E-state index is 11.3. The molecule has 1 aliphatic rings. The molecule has 1 saturated heterocycles. The predicted octanol–water partition coefficient (Wildman–Crippen LogP) is 1.83. The fourth-order valence-electron chi connectivity index (χ4n) is 2.62. The molecule has 0 bridgehead atoms. The van der Waals surface area contributed by atoms with Gasteiger partial charge in [0.1, 0.15) is 5.75 Å². The summed E-state index contributed by atoms with van der Waals surface area (Å²) in [4.78, 5) is 16.4. The third-order valence-corrected chi connectivity index (χ3v) is 3.57. The Morgan fingerprint density at radius 1 is 1.17 bits per heavy atom. The van der Waals surface area contributed by atoms with E-state index in [4.69, 9.17) is 0 Å². The van der Waals surface area contributed by atoms with Gasteiger partial charge in [0.25, 0.3) is 0 Å². The van der Waals surface area contributed by atoms with Crippen LogP contribution in [-0.4, -0.2) is 28.1 Å². The first-order valence-corrected chi connectivity index (χ1v) is 6.30. The highest BCUT2D eigenvalue weighted by Crippen LogP contribution is 2.27. The number of aromatic nitrogens is 1. The Morgan fingerprint density at radius 3 is 2.72 bits per heavy atom. The van der Waals surface area contributed by atoms with E-state index in [9.17, 15) is 9.90 Å². The summed E-state index contributed by atoms with van der Waals surface area (Å²) in [5, 5.41) is 11.0. The second-order valence-electron chi connectivity index (χ2n) is 4.83. The molecule has 1 fully saturated rings. The van der Waals surface area contributed by atoms with Crippen LogP contribution in [0, 0.1) is 0 Å². The van der Waals surface area contributed by atoms with Gasteiger partial charge in [-0.3, -0.25) is 9.69 Å². The predicted molar refractivity (Wildman–Crippen MR) is 70.7 cm³/mol. The summed E-state index contributed by atoms with van der Waals surface area (Å²) in [6, 6.07) is 6.71. The molecule has 2 heterocycles. The molecule has 1 aromatic heterocycles. The number of phenolic OH excluding ortho intramolecular Hbond substituents is 1. The zero-order valence-electron chi connectivity index (χ0n) is 10.1. The summed E-state index contributed by atoms with van der Waals surface area (Å²) in [5.74, 6) is 0.307. The Balaban J connectivity index is 2.07. The average molecular weight is 244 g/mol. The number of aromatic hydroxyl groups is 1. The molecule has 0 amide bonds. The molecule has 0 saturated carbocycles. The van der Waals surface area contributed by atoms with Crippen molar-refractivity contribution in [3.8, 4) is 5.75 Å². The summed E-state index contributed by atoms with van der Waals surface area (Å²) in [5.41, 5.74) is 1.58. The van der Waals surface area contributed by atoms with E-state index in [0.29, 0.717) is 5.75 Å². The second kappa shape index (κ2) is 4.46. The lowest BCUT2D eigenvalue weighted by molar-refractivity contribution is 0.325. The minimum absolute atomic E-state index is 0.111. The van der Waals surface area contributed by atoms with Crippen LogP contribution in [0.3, 0.4) is 0 Å². The van der Waals surface area contributed by atoms with Crippen LogP contribution in [0.5, 0.6) is 5.75 Å². The quantitative estimate of drug-likeness (QED) is 0.847. The molecule has 2 aromatic rings. The highest BCUT2D eigenvalue weighted by atomic mass is 16.3. The third-order valence-electron chi connectivity index (χ3n) is 3.57. The van der Waals surface area contributed by atoms with E-state index in [-0.39, 0.29) is 5.56 Å². The number of likely N-dealkylation sites (tertiary alicyclic amines) is 1. The van der Waals surface area contributed by atoms with Crippen LogP contribution in [0.1, 0.15) is 18.4 Å². The Kier molecular flexibility index (Phi) is 2.80. The third kappa shape index (κ3) is 1.99. The number of pyridine rings is 1. The summed E-state index contributed by atoms with van der Waals surface area (Å²) >= 11 is 0. The van der Waals surface area contributed by atoms with Crippen molar-refractivity contribution in [2.24, 2.45) is 0 Å². The van der Waals surface area contributed by atoms with Crippen LogP contribution in [-0.2, 0) is 6.54 Å². The van der Waals surface area contributed by atoms with Gasteiger partial charge in [0, 0.05) is 29.1 Å². The summed E-state index contributed by atoms with van der Waals surface area (Å²) in [7, 11) is 0. The lowest BCUT2D eigenvalue weighted by Gasteiger charge is -2.17.